The Morgan fingerprint density at radius 2 is 1.79 bits per heavy atom. The number of amides is 3. The molecule has 8 heteroatoms. The Labute approximate surface area is 163 Å². The van der Waals surface area contributed by atoms with Crippen molar-refractivity contribution in [2.75, 3.05) is 13.7 Å². The fraction of sp³-hybridized carbons (Fsp3) is 0.250. The fourth-order valence-corrected chi connectivity index (χ4v) is 2.36. The second-order valence-electron chi connectivity index (χ2n) is 6.02. The fourth-order valence-electron chi connectivity index (χ4n) is 2.36. The molecule has 0 aliphatic carbocycles. The van der Waals surface area contributed by atoms with Gasteiger partial charge >= 0.3 is 0 Å². The van der Waals surface area contributed by atoms with Gasteiger partial charge < -0.3 is 25.8 Å². The normalized spacial score (nSPS) is 11.2. The van der Waals surface area contributed by atoms with Crippen molar-refractivity contribution in [1.29, 1.82) is 0 Å². The summed E-state index contributed by atoms with van der Waals surface area (Å²) in [5.74, 6) is -0.812. The van der Waals surface area contributed by atoms with Gasteiger partial charge in [-0.05, 0) is 30.7 Å². The first kappa shape index (κ1) is 20.8. The minimum Gasteiger partial charge on any atom is -0.493 e. The summed E-state index contributed by atoms with van der Waals surface area (Å²) in [5, 5.41) is 5.40. The number of primary amides is 1. The van der Waals surface area contributed by atoms with Crippen LogP contribution in [0.2, 0.25) is 0 Å². The quantitative estimate of drug-likeness (QED) is 0.595. The molecule has 2 aromatic rings. The van der Waals surface area contributed by atoms with Gasteiger partial charge in [-0.25, -0.2) is 0 Å². The average molecular weight is 385 g/mol. The third-order valence-corrected chi connectivity index (χ3v) is 3.85. The maximum Gasteiger partial charge on any atom is 0.255 e. The summed E-state index contributed by atoms with van der Waals surface area (Å²) in [6.45, 7) is 1.67. The predicted molar refractivity (Wildman–Crippen MR) is 103 cm³/mol. The van der Waals surface area contributed by atoms with E-state index in [0.717, 1.165) is 5.56 Å². The molecule has 0 aliphatic heterocycles. The molecule has 2 rings (SSSR count). The summed E-state index contributed by atoms with van der Waals surface area (Å²) in [6.07, 6.45) is 0. The van der Waals surface area contributed by atoms with Crippen molar-refractivity contribution in [3.05, 3.63) is 59.7 Å². The molecule has 3 amide bonds. The maximum absolute atomic E-state index is 12.4. The number of hydrogen-bond acceptors (Lipinski definition) is 5. The van der Waals surface area contributed by atoms with Crippen molar-refractivity contribution >= 4 is 17.7 Å². The number of nitrogens with two attached hydrogens (primary N) is 1. The summed E-state index contributed by atoms with van der Waals surface area (Å²) in [4.78, 5) is 35.4. The molecule has 0 aliphatic rings. The highest BCUT2D eigenvalue weighted by Gasteiger charge is 2.18. The predicted octanol–water partition coefficient (Wildman–Crippen LogP) is 0.994. The molecule has 0 fully saturated rings. The smallest absolute Gasteiger partial charge is 0.255 e. The van der Waals surface area contributed by atoms with Crippen LogP contribution in [0.4, 0.5) is 0 Å². The van der Waals surface area contributed by atoms with Crippen LogP contribution in [0, 0.1) is 0 Å². The lowest BCUT2D eigenvalue weighted by Gasteiger charge is -2.15. The van der Waals surface area contributed by atoms with Gasteiger partial charge in [0.15, 0.2) is 18.1 Å². The van der Waals surface area contributed by atoms with Crippen LogP contribution in [0.25, 0.3) is 0 Å². The zero-order chi connectivity index (χ0) is 20.5. The van der Waals surface area contributed by atoms with E-state index in [1.165, 1.54) is 25.3 Å². The molecule has 0 spiro atoms. The van der Waals surface area contributed by atoms with Crippen LogP contribution in [-0.2, 0) is 16.1 Å². The zero-order valence-corrected chi connectivity index (χ0v) is 15.7. The molecule has 0 saturated carbocycles. The van der Waals surface area contributed by atoms with Crippen LogP contribution in [0.1, 0.15) is 22.8 Å². The molecule has 0 radical (unpaired) electrons. The van der Waals surface area contributed by atoms with Crippen LogP contribution in [0.5, 0.6) is 11.5 Å². The molecule has 28 heavy (non-hydrogen) atoms. The van der Waals surface area contributed by atoms with Gasteiger partial charge in [0.1, 0.15) is 6.04 Å². The van der Waals surface area contributed by atoms with E-state index in [0.29, 0.717) is 6.54 Å². The van der Waals surface area contributed by atoms with Crippen LogP contribution in [0.3, 0.4) is 0 Å². The third kappa shape index (κ3) is 6.01. The minimum absolute atomic E-state index is 0.273. The molecule has 0 saturated heterocycles. The summed E-state index contributed by atoms with van der Waals surface area (Å²) >= 11 is 0. The minimum atomic E-state index is -0.729. The van der Waals surface area contributed by atoms with Crippen molar-refractivity contribution < 1.29 is 23.9 Å². The van der Waals surface area contributed by atoms with E-state index in [-0.39, 0.29) is 29.6 Å². The Morgan fingerprint density at radius 1 is 1.07 bits per heavy atom. The number of carbonyl (C=O) groups is 3. The second kappa shape index (κ2) is 9.96. The number of benzene rings is 2. The van der Waals surface area contributed by atoms with Gasteiger partial charge in [0, 0.05) is 12.1 Å². The first-order valence-electron chi connectivity index (χ1n) is 8.62. The molecule has 0 aromatic heterocycles. The molecule has 8 nitrogen and oxygen atoms in total. The van der Waals surface area contributed by atoms with Crippen molar-refractivity contribution in [2.45, 2.75) is 19.5 Å². The van der Waals surface area contributed by atoms with E-state index in [1.807, 2.05) is 30.3 Å². The van der Waals surface area contributed by atoms with Crippen molar-refractivity contribution in [3.8, 4) is 11.5 Å². The van der Waals surface area contributed by atoms with Crippen molar-refractivity contribution in [3.63, 3.8) is 0 Å². The Kier molecular flexibility index (Phi) is 7.38. The van der Waals surface area contributed by atoms with Gasteiger partial charge in [0.2, 0.25) is 5.91 Å². The van der Waals surface area contributed by atoms with Crippen LogP contribution >= 0.6 is 0 Å². The van der Waals surface area contributed by atoms with Gasteiger partial charge in [-0.15, -0.1) is 0 Å². The highest BCUT2D eigenvalue weighted by Crippen LogP contribution is 2.28. The van der Waals surface area contributed by atoms with Crippen molar-refractivity contribution in [2.24, 2.45) is 5.73 Å². The molecular weight excluding hydrogens is 362 g/mol. The van der Waals surface area contributed by atoms with Crippen LogP contribution < -0.4 is 25.8 Å². The van der Waals surface area contributed by atoms with Crippen LogP contribution in [-0.4, -0.2) is 37.5 Å². The van der Waals surface area contributed by atoms with Crippen LogP contribution in [0.15, 0.2) is 48.5 Å². The number of methoxy groups -OCH3 is 1. The molecule has 1 unspecified atom stereocenters. The van der Waals surface area contributed by atoms with Gasteiger partial charge in [0.25, 0.3) is 11.8 Å². The summed E-state index contributed by atoms with van der Waals surface area (Å²) in [6, 6.07) is 13.2. The first-order valence-corrected chi connectivity index (χ1v) is 8.62. The molecule has 0 bridgehead atoms. The Morgan fingerprint density at radius 3 is 2.43 bits per heavy atom. The topological polar surface area (TPSA) is 120 Å². The lowest BCUT2D eigenvalue weighted by Crippen LogP contribution is -2.44. The van der Waals surface area contributed by atoms with E-state index in [4.69, 9.17) is 15.2 Å². The molecule has 4 N–H and O–H groups in total. The number of hydrogen-bond donors (Lipinski definition) is 3. The second-order valence-corrected chi connectivity index (χ2v) is 6.02. The van der Waals surface area contributed by atoms with Gasteiger partial charge in [-0.3, -0.25) is 14.4 Å². The zero-order valence-electron chi connectivity index (χ0n) is 15.7. The molecule has 2 aromatic carbocycles. The molecule has 0 heterocycles. The van der Waals surface area contributed by atoms with Gasteiger partial charge in [-0.1, -0.05) is 30.3 Å². The highest BCUT2D eigenvalue weighted by molar-refractivity contribution is 5.98. The van der Waals surface area contributed by atoms with Gasteiger partial charge in [-0.2, -0.15) is 0 Å². The number of ether oxygens (including phenoxy) is 2. The standard InChI is InChI=1S/C20H23N3O5/c1-13(19(25)22-11-14-6-4-3-5-7-14)23-20(26)15-8-9-16(17(10-15)27-2)28-12-18(21)24/h3-10,13H,11-12H2,1-2H3,(H2,21,24)(H,22,25)(H,23,26). The lowest BCUT2D eigenvalue weighted by atomic mass is 10.1. The number of carbonyl (C=O) groups excluding carboxylic acids is 3. The molecule has 148 valence electrons. The van der Waals surface area contributed by atoms with E-state index in [1.54, 1.807) is 6.92 Å². The third-order valence-electron chi connectivity index (χ3n) is 3.85. The summed E-state index contributed by atoms with van der Waals surface area (Å²) < 4.78 is 10.4. The first-order chi connectivity index (χ1) is 13.4. The Bertz CT molecular complexity index is 839. The lowest BCUT2D eigenvalue weighted by molar-refractivity contribution is -0.122. The maximum atomic E-state index is 12.4. The van der Waals surface area contributed by atoms with E-state index in [2.05, 4.69) is 10.6 Å². The molecular formula is C20H23N3O5. The SMILES string of the molecule is COc1cc(C(=O)NC(C)C(=O)NCc2ccccc2)ccc1OCC(N)=O. The highest BCUT2D eigenvalue weighted by atomic mass is 16.5. The molecule has 1 atom stereocenters. The Hall–Kier alpha value is -3.55. The largest absolute Gasteiger partial charge is 0.493 e. The van der Waals surface area contributed by atoms with Crippen molar-refractivity contribution in [1.82, 2.24) is 10.6 Å². The van der Waals surface area contributed by atoms with E-state index < -0.39 is 17.9 Å². The van der Waals surface area contributed by atoms with E-state index >= 15 is 0 Å². The Balaban J connectivity index is 1.95. The number of nitrogens with one attached hydrogen (secondary N) is 2. The number of rotatable bonds is 9. The monoisotopic (exact) mass is 385 g/mol. The van der Waals surface area contributed by atoms with Gasteiger partial charge in [0.05, 0.1) is 7.11 Å². The van der Waals surface area contributed by atoms with E-state index in [9.17, 15) is 14.4 Å². The summed E-state index contributed by atoms with van der Waals surface area (Å²) in [7, 11) is 1.41. The summed E-state index contributed by atoms with van der Waals surface area (Å²) in [5.41, 5.74) is 6.29. The average Bonchev–Trinajstić information content (AvgIpc) is 2.70.